The van der Waals surface area contributed by atoms with Gasteiger partial charge in [0.1, 0.15) is 11.5 Å². The summed E-state index contributed by atoms with van der Waals surface area (Å²) in [6.45, 7) is 4.30. The lowest BCUT2D eigenvalue weighted by Crippen LogP contribution is -2.33. The van der Waals surface area contributed by atoms with Crippen molar-refractivity contribution in [1.29, 1.82) is 0 Å². The number of carbonyl (C=O) groups excluding carboxylic acids is 1. The van der Waals surface area contributed by atoms with Crippen LogP contribution in [0.3, 0.4) is 0 Å². The molecular formula is C25H26N4O3S. The second kappa shape index (κ2) is 10.4. The van der Waals surface area contributed by atoms with Gasteiger partial charge in [-0.05, 0) is 43.7 Å². The van der Waals surface area contributed by atoms with Gasteiger partial charge in [0.05, 0.1) is 31.2 Å². The highest BCUT2D eigenvalue weighted by molar-refractivity contribution is 8.00. The van der Waals surface area contributed by atoms with Gasteiger partial charge < -0.3 is 14.5 Å². The molecule has 2 unspecified atom stereocenters. The third-order valence-corrected chi connectivity index (χ3v) is 6.33. The number of rotatable bonds is 9. The lowest BCUT2D eigenvalue weighted by molar-refractivity contribution is -0.120. The highest BCUT2D eigenvalue weighted by Crippen LogP contribution is 2.30. The second-order valence-electron chi connectivity index (χ2n) is 7.60. The van der Waals surface area contributed by atoms with Gasteiger partial charge in [-0.15, -0.1) is 10.2 Å². The molecule has 2 aromatic heterocycles. The van der Waals surface area contributed by atoms with E-state index in [0.29, 0.717) is 17.5 Å². The lowest BCUT2D eigenvalue weighted by atomic mass is 10.1. The average molecular weight is 463 g/mol. The quantitative estimate of drug-likeness (QED) is 0.354. The fraction of sp³-hybridized carbons (Fsp3) is 0.240. The van der Waals surface area contributed by atoms with Crippen molar-refractivity contribution in [2.45, 2.75) is 36.8 Å². The maximum Gasteiger partial charge on any atom is 0.233 e. The molecule has 1 N–H and O–H groups in total. The number of carbonyl (C=O) groups is 1. The van der Waals surface area contributed by atoms with Gasteiger partial charge in [0.25, 0.3) is 0 Å². The van der Waals surface area contributed by atoms with Gasteiger partial charge in [-0.2, -0.15) is 0 Å². The van der Waals surface area contributed by atoms with Gasteiger partial charge in [-0.3, -0.25) is 9.36 Å². The largest absolute Gasteiger partial charge is 0.497 e. The van der Waals surface area contributed by atoms with Crippen molar-refractivity contribution >= 4 is 17.7 Å². The van der Waals surface area contributed by atoms with E-state index in [1.807, 2.05) is 85.1 Å². The van der Waals surface area contributed by atoms with E-state index in [0.717, 1.165) is 22.6 Å². The molecule has 4 aromatic rings. The van der Waals surface area contributed by atoms with Gasteiger partial charge in [0.2, 0.25) is 5.91 Å². The molecule has 0 aliphatic carbocycles. The summed E-state index contributed by atoms with van der Waals surface area (Å²) in [6, 6.07) is 21.2. The summed E-state index contributed by atoms with van der Waals surface area (Å²) in [5, 5.41) is 12.2. The van der Waals surface area contributed by atoms with Crippen molar-refractivity contribution < 1.29 is 13.9 Å². The fourth-order valence-corrected chi connectivity index (χ4v) is 4.28. The van der Waals surface area contributed by atoms with Crippen molar-refractivity contribution in [3.05, 3.63) is 84.3 Å². The molecule has 2 atom stereocenters. The van der Waals surface area contributed by atoms with Crippen molar-refractivity contribution in [1.82, 2.24) is 20.1 Å². The first kappa shape index (κ1) is 22.7. The monoisotopic (exact) mass is 462 g/mol. The maximum atomic E-state index is 12.9. The van der Waals surface area contributed by atoms with Crippen LogP contribution in [0.2, 0.25) is 0 Å². The van der Waals surface area contributed by atoms with Gasteiger partial charge in [0, 0.05) is 5.56 Å². The van der Waals surface area contributed by atoms with Crippen LogP contribution in [0.15, 0.2) is 82.6 Å². The van der Waals surface area contributed by atoms with E-state index in [4.69, 9.17) is 9.15 Å². The Bertz CT molecular complexity index is 1190. The number of ether oxygens (including phenoxy) is 1. The molecule has 4 rings (SSSR count). The van der Waals surface area contributed by atoms with Crippen molar-refractivity contribution in [3.63, 3.8) is 0 Å². The van der Waals surface area contributed by atoms with Crippen LogP contribution in [-0.4, -0.2) is 33.0 Å². The highest BCUT2D eigenvalue weighted by atomic mass is 32.2. The number of hydrogen-bond acceptors (Lipinski definition) is 6. The highest BCUT2D eigenvalue weighted by Gasteiger charge is 2.23. The van der Waals surface area contributed by atoms with Crippen molar-refractivity contribution in [3.8, 4) is 17.1 Å². The zero-order chi connectivity index (χ0) is 23.2. The third kappa shape index (κ3) is 5.46. The summed E-state index contributed by atoms with van der Waals surface area (Å²) in [5.74, 6) is 2.12. The molecule has 1 amide bonds. The van der Waals surface area contributed by atoms with E-state index in [1.54, 1.807) is 13.4 Å². The van der Waals surface area contributed by atoms with Crippen LogP contribution in [0, 0.1) is 0 Å². The Balaban J connectivity index is 1.56. The first-order valence-electron chi connectivity index (χ1n) is 10.7. The molecule has 2 aromatic carbocycles. The molecule has 170 valence electrons. The summed E-state index contributed by atoms with van der Waals surface area (Å²) in [4.78, 5) is 12.9. The Labute approximate surface area is 197 Å². The van der Waals surface area contributed by atoms with E-state index in [9.17, 15) is 4.79 Å². The van der Waals surface area contributed by atoms with Gasteiger partial charge in [0.15, 0.2) is 11.0 Å². The minimum atomic E-state index is -0.367. The molecule has 0 spiro atoms. The fourth-order valence-electron chi connectivity index (χ4n) is 3.42. The molecule has 0 bridgehead atoms. The minimum absolute atomic E-state index is 0.0631. The van der Waals surface area contributed by atoms with E-state index in [-0.39, 0.29) is 17.2 Å². The molecule has 2 heterocycles. The number of nitrogens with zero attached hydrogens (tertiary/aromatic N) is 3. The Morgan fingerprint density at radius 1 is 1.09 bits per heavy atom. The van der Waals surface area contributed by atoms with Gasteiger partial charge in [-0.1, -0.05) is 54.2 Å². The third-order valence-electron chi connectivity index (χ3n) is 5.25. The number of furan rings is 1. The molecule has 33 heavy (non-hydrogen) atoms. The van der Waals surface area contributed by atoms with Crippen LogP contribution in [0.5, 0.6) is 5.75 Å². The number of benzene rings is 2. The topological polar surface area (TPSA) is 82.2 Å². The summed E-state index contributed by atoms with van der Waals surface area (Å²) in [7, 11) is 1.63. The average Bonchev–Trinajstić information content (AvgIpc) is 3.50. The summed E-state index contributed by atoms with van der Waals surface area (Å²) < 4.78 is 12.9. The number of hydrogen-bond donors (Lipinski definition) is 1. The first-order valence-corrected chi connectivity index (χ1v) is 11.5. The molecule has 0 aliphatic rings. The Morgan fingerprint density at radius 2 is 1.91 bits per heavy atom. The molecule has 0 saturated heterocycles. The van der Waals surface area contributed by atoms with E-state index in [2.05, 4.69) is 15.5 Å². The Hall–Kier alpha value is -3.52. The summed E-state index contributed by atoms with van der Waals surface area (Å²) >= 11 is 1.37. The number of thioether (sulfide) groups is 1. The van der Waals surface area contributed by atoms with Crippen LogP contribution < -0.4 is 10.1 Å². The number of aromatic nitrogens is 3. The molecule has 7 nitrogen and oxygen atoms in total. The SMILES string of the molecule is COc1cccc(-c2nnc(SC(C)C(=O)NC(C)c3ccccc3)n2Cc2ccco2)c1. The number of amides is 1. The predicted molar refractivity (Wildman–Crippen MR) is 128 cm³/mol. The van der Waals surface area contributed by atoms with Crippen molar-refractivity contribution in [2.75, 3.05) is 7.11 Å². The molecule has 0 radical (unpaired) electrons. The van der Waals surface area contributed by atoms with Crippen LogP contribution in [0.4, 0.5) is 0 Å². The zero-order valence-electron chi connectivity index (χ0n) is 18.8. The van der Waals surface area contributed by atoms with E-state index < -0.39 is 0 Å². The van der Waals surface area contributed by atoms with Gasteiger partial charge in [-0.25, -0.2) is 0 Å². The second-order valence-corrected chi connectivity index (χ2v) is 8.91. The first-order chi connectivity index (χ1) is 16.0. The standard InChI is InChI=1S/C25H26N4O3S/c1-17(19-9-5-4-6-10-19)26-24(30)18(2)33-25-28-27-23(20-11-7-12-21(15-20)31-3)29(25)16-22-13-8-14-32-22/h4-15,17-18H,16H2,1-3H3,(H,26,30). The normalized spacial score (nSPS) is 12.8. The minimum Gasteiger partial charge on any atom is -0.497 e. The summed E-state index contributed by atoms with van der Waals surface area (Å²) in [6.07, 6.45) is 1.64. The van der Waals surface area contributed by atoms with E-state index >= 15 is 0 Å². The van der Waals surface area contributed by atoms with Crippen LogP contribution >= 0.6 is 11.8 Å². The van der Waals surface area contributed by atoms with Crippen LogP contribution in [0.1, 0.15) is 31.2 Å². The zero-order valence-corrected chi connectivity index (χ0v) is 19.6. The maximum absolute atomic E-state index is 12.9. The molecule has 0 saturated carbocycles. The van der Waals surface area contributed by atoms with Crippen LogP contribution in [0.25, 0.3) is 11.4 Å². The van der Waals surface area contributed by atoms with Crippen LogP contribution in [-0.2, 0) is 11.3 Å². The van der Waals surface area contributed by atoms with Crippen molar-refractivity contribution in [2.24, 2.45) is 0 Å². The molecule has 0 fully saturated rings. The summed E-state index contributed by atoms with van der Waals surface area (Å²) in [5.41, 5.74) is 1.93. The smallest absolute Gasteiger partial charge is 0.233 e. The lowest BCUT2D eigenvalue weighted by Gasteiger charge is -2.18. The van der Waals surface area contributed by atoms with Gasteiger partial charge >= 0.3 is 0 Å². The number of methoxy groups -OCH3 is 1. The Kier molecular flexibility index (Phi) is 7.14. The predicted octanol–water partition coefficient (Wildman–Crippen LogP) is 4.95. The molecular weight excluding hydrogens is 436 g/mol. The Morgan fingerprint density at radius 3 is 2.64 bits per heavy atom. The molecule has 8 heteroatoms. The number of nitrogens with one attached hydrogen (secondary N) is 1. The van der Waals surface area contributed by atoms with E-state index in [1.165, 1.54) is 11.8 Å². The molecule has 0 aliphatic heterocycles.